The average molecular weight is 1030 g/mol. The molecule has 4 bridgehead atoms. The van der Waals surface area contributed by atoms with Crippen LogP contribution in [0.5, 0.6) is 0 Å². The maximum atomic E-state index is 2.84. The smallest absolute Gasteiger partial charge is 0.252 e. The molecular formula is C75H91BN2. The van der Waals surface area contributed by atoms with Gasteiger partial charge in [0.25, 0.3) is 6.71 Å². The van der Waals surface area contributed by atoms with Crippen LogP contribution >= 0.6 is 0 Å². The van der Waals surface area contributed by atoms with Gasteiger partial charge in [-0.3, -0.25) is 0 Å². The van der Waals surface area contributed by atoms with Crippen LogP contribution in [0.1, 0.15) is 232 Å². The molecule has 404 valence electrons. The van der Waals surface area contributed by atoms with Crippen molar-refractivity contribution in [1.29, 1.82) is 0 Å². The zero-order chi connectivity index (χ0) is 55.2. The molecule has 0 amide bonds. The van der Waals surface area contributed by atoms with Gasteiger partial charge in [-0.2, -0.15) is 0 Å². The van der Waals surface area contributed by atoms with Gasteiger partial charge in [0.15, 0.2) is 0 Å². The highest BCUT2D eigenvalue weighted by Gasteiger charge is 2.55. The molecule has 2 aliphatic heterocycles. The Labute approximate surface area is 471 Å². The summed E-state index contributed by atoms with van der Waals surface area (Å²) in [5, 5.41) is 0. The number of benzene rings is 6. The van der Waals surface area contributed by atoms with Gasteiger partial charge >= 0.3 is 0 Å². The molecule has 0 spiro atoms. The van der Waals surface area contributed by atoms with Gasteiger partial charge in [-0.1, -0.05) is 173 Å². The Hall–Kier alpha value is -5.02. The molecule has 2 nitrogen and oxygen atoms in total. The van der Waals surface area contributed by atoms with Crippen LogP contribution in [0.25, 0.3) is 11.1 Å². The number of hydrogen-bond donors (Lipinski definition) is 0. The molecule has 6 aromatic carbocycles. The lowest BCUT2D eigenvalue weighted by Gasteiger charge is -2.57. The molecule has 7 aliphatic carbocycles. The van der Waals surface area contributed by atoms with Gasteiger partial charge in [-0.25, -0.2) is 0 Å². The Morgan fingerprint density at radius 1 is 0.397 bits per heavy atom. The van der Waals surface area contributed by atoms with Crippen LogP contribution in [0.3, 0.4) is 0 Å². The van der Waals surface area contributed by atoms with Crippen LogP contribution in [0.4, 0.5) is 34.1 Å². The summed E-state index contributed by atoms with van der Waals surface area (Å²) in [6.07, 6.45) is 11.7. The molecule has 0 radical (unpaired) electrons. The second-order valence-corrected chi connectivity index (χ2v) is 33.5. The van der Waals surface area contributed by atoms with E-state index in [1.54, 1.807) is 5.56 Å². The molecule has 15 rings (SSSR count). The fourth-order valence-electron chi connectivity index (χ4n) is 19.9. The van der Waals surface area contributed by atoms with E-state index in [0.29, 0.717) is 0 Å². The molecule has 0 atom stereocenters. The van der Waals surface area contributed by atoms with Crippen LogP contribution in [-0.2, 0) is 48.7 Å². The Morgan fingerprint density at radius 2 is 0.846 bits per heavy atom. The minimum atomic E-state index is -0.0334. The van der Waals surface area contributed by atoms with Crippen molar-refractivity contribution in [2.45, 2.75) is 231 Å². The molecule has 2 heterocycles. The summed E-state index contributed by atoms with van der Waals surface area (Å²) in [6.45, 7) is 44.4. The first-order valence-corrected chi connectivity index (χ1v) is 30.8. The molecule has 4 fully saturated rings. The fourth-order valence-corrected chi connectivity index (χ4v) is 19.9. The quantitative estimate of drug-likeness (QED) is 0.162. The lowest BCUT2D eigenvalue weighted by Crippen LogP contribution is -2.62. The molecular weight excluding hydrogens is 940 g/mol. The molecule has 3 heteroatoms. The van der Waals surface area contributed by atoms with Crippen molar-refractivity contribution in [1.82, 2.24) is 0 Å². The largest absolute Gasteiger partial charge is 0.311 e. The van der Waals surface area contributed by atoms with Gasteiger partial charge in [-0.05, 0) is 245 Å². The first-order valence-electron chi connectivity index (χ1n) is 30.8. The monoisotopic (exact) mass is 1030 g/mol. The van der Waals surface area contributed by atoms with Crippen molar-refractivity contribution in [3.8, 4) is 11.1 Å². The molecule has 9 aliphatic rings. The van der Waals surface area contributed by atoms with Crippen LogP contribution in [0.15, 0.2) is 97.1 Å². The van der Waals surface area contributed by atoms with Crippen LogP contribution < -0.4 is 26.2 Å². The summed E-state index contributed by atoms with van der Waals surface area (Å²) in [5.41, 5.74) is 29.3. The lowest BCUT2D eigenvalue weighted by molar-refractivity contribution is -0.00514. The normalized spacial score (nSPS) is 26.3. The van der Waals surface area contributed by atoms with Gasteiger partial charge in [-0.15, -0.1) is 0 Å². The first kappa shape index (κ1) is 51.2. The molecule has 0 saturated heterocycles. The van der Waals surface area contributed by atoms with Crippen molar-refractivity contribution < 1.29 is 0 Å². The summed E-state index contributed by atoms with van der Waals surface area (Å²) in [4.78, 5) is 5.66. The third-order valence-electron chi connectivity index (χ3n) is 22.4. The Morgan fingerprint density at radius 3 is 1.40 bits per heavy atom. The van der Waals surface area contributed by atoms with E-state index in [-0.39, 0.29) is 55.4 Å². The minimum absolute atomic E-state index is 0.0260. The number of rotatable bonds is 4. The molecule has 4 saturated carbocycles. The molecule has 78 heavy (non-hydrogen) atoms. The predicted molar refractivity (Wildman–Crippen MR) is 335 cm³/mol. The van der Waals surface area contributed by atoms with Crippen molar-refractivity contribution in [2.24, 2.45) is 17.8 Å². The van der Waals surface area contributed by atoms with E-state index in [1.807, 2.05) is 0 Å². The Kier molecular flexibility index (Phi) is 10.3. The van der Waals surface area contributed by atoms with E-state index < -0.39 is 0 Å². The van der Waals surface area contributed by atoms with E-state index in [4.69, 9.17) is 0 Å². The second kappa shape index (κ2) is 15.7. The average Bonchev–Trinajstić information content (AvgIpc) is 3.89. The predicted octanol–water partition coefficient (Wildman–Crippen LogP) is 18.4. The molecule has 6 aromatic rings. The lowest BCUT2D eigenvalue weighted by atomic mass is 9.33. The number of nitrogens with zero attached hydrogens (tertiary/aromatic N) is 2. The number of anilines is 6. The summed E-state index contributed by atoms with van der Waals surface area (Å²) in [7, 11) is 0. The summed E-state index contributed by atoms with van der Waals surface area (Å²) in [5.74, 6) is 2.51. The maximum absolute atomic E-state index is 2.84. The van der Waals surface area contributed by atoms with Crippen LogP contribution in [0.2, 0.25) is 0 Å². The number of hydrogen-bond acceptors (Lipinski definition) is 2. The van der Waals surface area contributed by atoms with E-state index in [2.05, 4.69) is 231 Å². The first-order chi connectivity index (χ1) is 36.3. The van der Waals surface area contributed by atoms with Gasteiger partial charge in [0.2, 0.25) is 0 Å². The fraction of sp³-hybridized carbons (Fsp3) is 0.520. The van der Waals surface area contributed by atoms with E-state index >= 15 is 0 Å². The zero-order valence-corrected chi connectivity index (χ0v) is 51.3. The van der Waals surface area contributed by atoms with Crippen LogP contribution in [0, 0.1) is 17.8 Å². The molecule has 0 unspecified atom stereocenters. The van der Waals surface area contributed by atoms with Crippen molar-refractivity contribution in [2.75, 3.05) is 9.80 Å². The van der Waals surface area contributed by atoms with Crippen LogP contribution in [-0.4, -0.2) is 6.71 Å². The standard InChI is InChI=1S/C75H91BN2/c1-67(2,3)48-20-25-61(52(31-48)47-19-23-53-55(30-47)71(11,12)41-69(53,7)8)78-62-26-21-49(68(4,5)6)32-59(62)76-60-36-57-58(74(17,18)43-73(57,15)16)37-63(60)77(51-22-24-54-56(35-51)72(13,14)42-70(54,9)10)64-33-50(34-65(78)66(64)76)75-38-44-27-45(39-75)29-46(28-44)40-75/h19-26,30-37,44-46H,27-29,38-43H2,1-18H3. The topological polar surface area (TPSA) is 6.48 Å². The van der Waals surface area contributed by atoms with Gasteiger partial charge in [0, 0.05) is 34.0 Å². The highest BCUT2D eigenvalue weighted by atomic mass is 15.2. The van der Waals surface area contributed by atoms with Crippen molar-refractivity contribution in [3.63, 3.8) is 0 Å². The second-order valence-electron chi connectivity index (χ2n) is 33.5. The van der Waals surface area contributed by atoms with E-state index in [1.165, 1.54) is 145 Å². The van der Waals surface area contributed by atoms with Crippen molar-refractivity contribution in [3.05, 3.63) is 147 Å². The summed E-state index contributed by atoms with van der Waals surface area (Å²) in [6, 6.07) is 41.8. The number of fused-ring (bicyclic) bond motifs is 7. The molecule has 0 aromatic heterocycles. The maximum Gasteiger partial charge on any atom is 0.252 e. The minimum Gasteiger partial charge on any atom is -0.311 e. The summed E-state index contributed by atoms with van der Waals surface area (Å²) < 4.78 is 0. The highest BCUT2D eigenvalue weighted by molar-refractivity contribution is 7.00. The van der Waals surface area contributed by atoms with E-state index in [0.717, 1.165) is 37.0 Å². The highest BCUT2D eigenvalue weighted by Crippen LogP contribution is 2.63. The van der Waals surface area contributed by atoms with Gasteiger partial charge < -0.3 is 9.80 Å². The zero-order valence-electron chi connectivity index (χ0n) is 51.3. The summed E-state index contributed by atoms with van der Waals surface area (Å²) >= 11 is 0. The van der Waals surface area contributed by atoms with Gasteiger partial charge in [0.1, 0.15) is 0 Å². The third kappa shape index (κ3) is 7.32. The van der Waals surface area contributed by atoms with Gasteiger partial charge in [0.05, 0.1) is 5.69 Å². The Balaban J connectivity index is 1.12. The Bertz CT molecular complexity index is 3540. The molecule has 0 N–H and O–H groups in total. The SMILES string of the molecule is CC(C)(C)c1ccc2c(c1)B1c3cc4c(cc3N(c3ccc5c(c3)C(C)(C)CC5(C)C)c3cc(C56CC7CC(CC(C7)C5)C6)cc(c31)N2c1ccc(C(C)(C)C)cc1-c1ccc2c(c1)C(C)(C)CC2(C)C)C(C)(C)CC4(C)C. The third-order valence-corrected chi connectivity index (χ3v) is 22.4. The van der Waals surface area contributed by atoms with Crippen molar-refractivity contribution >= 4 is 57.2 Å². The van der Waals surface area contributed by atoms with E-state index in [9.17, 15) is 0 Å².